The fraction of sp³-hybridized carbons (Fsp3) is 0.706. The maximum absolute atomic E-state index is 6.55. The summed E-state index contributed by atoms with van der Waals surface area (Å²) in [4.78, 5) is 4.63. The Morgan fingerprint density at radius 3 is 2.75 bits per heavy atom. The summed E-state index contributed by atoms with van der Waals surface area (Å²) in [6, 6.07) is 0. The van der Waals surface area contributed by atoms with Crippen molar-refractivity contribution in [1.29, 1.82) is 0 Å². The number of methoxy groups -OCH3 is 1. The minimum Gasteiger partial charge on any atom is -0.496 e. The van der Waals surface area contributed by atoms with Gasteiger partial charge in [0.2, 0.25) is 0 Å². The van der Waals surface area contributed by atoms with Gasteiger partial charge in [0.05, 0.1) is 7.11 Å². The van der Waals surface area contributed by atoms with Crippen LogP contribution in [0.25, 0.3) is 0 Å². The normalized spacial score (nSPS) is 26.6. The van der Waals surface area contributed by atoms with Gasteiger partial charge in [0.15, 0.2) is 0 Å². The molecule has 0 N–H and O–H groups in total. The number of hydrogen-bond acceptors (Lipinski definition) is 2. The molecule has 0 spiro atoms. The van der Waals surface area contributed by atoms with Crippen LogP contribution in [-0.4, -0.2) is 17.5 Å². The van der Waals surface area contributed by atoms with Crippen LogP contribution in [0.15, 0.2) is 6.20 Å². The molecule has 0 amide bonds. The average Bonchev–Trinajstić information content (AvgIpc) is 2.44. The largest absolute Gasteiger partial charge is 0.496 e. The lowest BCUT2D eigenvalue weighted by molar-refractivity contribution is 0.263. The first-order valence-electron chi connectivity index (χ1n) is 7.69. The zero-order valence-corrected chi connectivity index (χ0v) is 13.8. The number of aromatic nitrogens is 1. The highest BCUT2D eigenvalue weighted by atomic mass is 35.5. The van der Waals surface area contributed by atoms with Gasteiger partial charge in [0.25, 0.3) is 0 Å². The van der Waals surface area contributed by atoms with Gasteiger partial charge in [-0.15, -0.1) is 11.6 Å². The van der Waals surface area contributed by atoms with Gasteiger partial charge in [-0.25, -0.2) is 0 Å². The van der Waals surface area contributed by atoms with Gasteiger partial charge in [-0.1, -0.05) is 13.3 Å². The number of pyridine rings is 1. The second-order valence-corrected chi connectivity index (χ2v) is 6.67. The first kappa shape index (κ1) is 15.6. The van der Waals surface area contributed by atoms with Crippen molar-refractivity contribution in [3.8, 4) is 5.75 Å². The SMILES string of the molecule is CCC1CCC(Cl)C(Cc2ncc(C)c(OC)c2C)C1. The highest BCUT2D eigenvalue weighted by Gasteiger charge is 2.29. The summed E-state index contributed by atoms with van der Waals surface area (Å²) in [5.41, 5.74) is 3.43. The van der Waals surface area contributed by atoms with Crippen LogP contribution in [0, 0.1) is 25.7 Å². The molecule has 1 aromatic rings. The van der Waals surface area contributed by atoms with E-state index in [2.05, 4.69) is 18.8 Å². The molecule has 0 bridgehead atoms. The molecule has 3 heteroatoms. The molecule has 1 aromatic heterocycles. The fourth-order valence-electron chi connectivity index (χ4n) is 3.43. The molecule has 0 aliphatic heterocycles. The van der Waals surface area contributed by atoms with E-state index in [1.807, 2.05) is 13.1 Å². The molecule has 3 atom stereocenters. The van der Waals surface area contributed by atoms with Gasteiger partial charge >= 0.3 is 0 Å². The van der Waals surface area contributed by atoms with E-state index in [1.54, 1.807) is 7.11 Å². The van der Waals surface area contributed by atoms with Crippen molar-refractivity contribution in [3.05, 3.63) is 23.0 Å². The Bertz CT molecular complexity index is 461. The van der Waals surface area contributed by atoms with E-state index in [-0.39, 0.29) is 0 Å². The molecule has 20 heavy (non-hydrogen) atoms. The third-order valence-corrected chi connectivity index (χ3v) is 5.36. The van der Waals surface area contributed by atoms with Crippen LogP contribution in [0.3, 0.4) is 0 Å². The van der Waals surface area contributed by atoms with E-state index in [9.17, 15) is 0 Å². The molecule has 1 aliphatic rings. The van der Waals surface area contributed by atoms with E-state index in [0.717, 1.165) is 35.8 Å². The zero-order valence-electron chi connectivity index (χ0n) is 13.1. The molecule has 0 radical (unpaired) electrons. The lowest BCUT2D eigenvalue weighted by atomic mass is 9.77. The number of aryl methyl sites for hydroxylation is 1. The van der Waals surface area contributed by atoms with Crippen molar-refractivity contribution < 1.29 is 4.74 Å². The van der Waals surface area contributed by atoms with Gasteiger partial charge in [-0.3, -0.25) is 4.98 Å². The van der Waals surface area contributed by atoms with E-state index >= 15 is 0 Å². The number of alkyl halides is 1. The van der Waals surface area contributed by atoms with Crippen LogP contribution in [0.4, 0.5) is 0 Å². The first-order chi connectivity index (χ1) is 9.56. The third kappa shape index (κ3) is 3.28. The van der Waals surface area contributed by atoms with Crippen LogP contribution in [0.1, 0.15) is 49.4 Å². The molecule has 3 unspecified atom stereocenters. The van der Waals surface area contributed by atoms with E-state index < -0.39 is 0 Å². The average molecular weight is 296 g/mol. The van der Waals surface area contributed by atoms with E-state index in [4.69, 9.17) is 16.3 Å². The molecular formula is C17H26ClNO. The van der Waals surface area contributed by atoms with Gasteiger partial charge in [-0.2, -0.15) is 0 Å². The molecule has 1 saturated carbocycles. The van der Waals surface area contributed by atoms with Crippen LogP contribution in [0.2, 0.25) is 0 Å². The molecule has 1 heterocycles. The van der Waals surface area contributed by atoms with Gasteiger partial charge in [0, 0.05) is 28.4 Å². The summed E-state index contributed by atoms with van der Waals surface area (Å²) in [6.45, 7) is 6.44. The second-order valence-electron chi connectivity index (χ2n) is 6.11. The van der Waals surface area contributed by atoms with Crippen molar-refractivity contribution in [3.63, 3.8) is 0 Å². The maximum Gasteiger partial charge on any atom is 0.128 e. The molecule has 1 fully saturated rings. The Balaban J connectivity index is 2.16. The first-order valence-corrected chi connectivity index (χ1v) is 8.13. The minimum absolute atomic E-state index is 0.297. The van der Waals surface area contributed by atoms with E-state index in [0.29, 0.717) is 11.3 Å². The summed E-state index contributed by atoms with van der Waals surface area (Å²) in [7, 11) is 1.73. The summed E-state index contributed by atoms with van der Waals surface area (Å²) in [5.74, 6) is 2.36. The minimum atomic E-state index is 0.297. The van der Waals surface area contributed by atoms with Crippen LogP contribution < -0.4 is 4.74 Å². The Kier molecular flexibility index (Phi) is 5.31. The lowest BCUT2D eigenvalue weighted by Crippen LogP contribution is -2.27. The Morgan fingerprint density at radius 2 is 2.10 bits per heavy atom. The molecule has 1 aliphatic carbocycles. The van der Waals surface area contributed by atoms with Gasteiger partial charge in [0.1, 0.15) is 5.75 Å². The molecule has 0 aromatic carbocycles. The third-order valence-electron chi connectivity index (χ3n) is 4.78. The van der Waals surface area contributed by atoms with Crippen LogP contribution >= 0.6 is 11.6 Å². The maximum atomic E-state index is 6.55. The van der Waals surface area contributed by atoms with Crippen molar-refractivity contribution in [2.75, 3.05) is 7.11 Å². The molecule has 112 valence electrons. The predicted molar refractivity (Wildman–Crippen MR) is 84.7 cm³/mol. The summed E-state index contributed by atoms with van der Waals surface area (Å²) in [6.07, 6.45) is 7.83. The number of halogens is 1. The molecule has 0 saturated heterocycles. The summed E-state index contributed by atoms with van der Waals surface area (Å²) >= 11 is 6.55. The fourth-order valence-corrected chi connectivity index (χ4v) is 3.75. The number of nitrogens with zero attached hydrogens (tertiary/aromatic N) is 1. The summed E-state index contributed by atoms with van der Waals surface area (Å²) < 4.78 is 5.50. The lowest BCUT2D eigenvalue weighted by Gasteiger charge is -2.32. The number of ether oxygens (including phenoxy) is 1. The summed E-state index contributed by atoms with van der Waals surface area (Å²) in [5, 5.41) is 0.297. The number of rotatable bonds is 4. The highest BCUT2D eigenvalue weighted by molar-refractivity contribution is 6.20. The monoisotopic (exact) mass is 295 g/mol. The van der Waals surface area contributed by atoms with Crippen molar-refractivity contribution in [2.45, 2.75) is 58.3 Å². The Morgan fingerprint density at radius 1 is 1.35 bits per heavy atom. The van der Waals surface area contributed by atoms with Gasteiger partial charge < -0.3 is 4.74 Å². The molecule has 2 rings (SSSR count). The zero-order chi connectivity index (χ0) is 14.7. The smallest absolute Gasteiger partial charge is 0.128 e. The van der Waals surface area contributed by atoms with Crippen LogP contribution in [0.5, 0.6) is 5.75 Å². The van der Waals surface area contributed by atoms with Crippen molar-refractivity contribution >= 4 is 11.6 Å². The van der Waals surface area contributed by atoms with Gasteiger partial charge in [-0.05, 0) is 51.4 Å². The quantitative estimate of drug-likeness (QED) is 0.752. The second kappa shape index (κ2) is 6.80. The predicted octanol–water partition coefficient (Wildman–Crippen LogP) is 4.68. The Labute approximate surface area is 127 Å². The Hall–Kier alpha value is -0.760. The highest BCUT2D eigenvalue weighted by Crippen LogP contribution is 2.37. The topological polar surface area (TPSA) is 22.1 Å². The van der Waals surface area contributed by atoms with Crippen molar-refractivity contribution in [1.82, 2.24) is 4.98 Å². The number of hydrogen-bond donors (Lipinski definition) is 0. The molecule has 2 nitrogen and oxygen atoms in total. The standard InChI is InChI=1S/C17H26ClNO/c1-5-13-6-7-15(18)14(8-13)9-16-12(3)17(20-4)11(2)10-19-16/h10,13-15H,5-9H2,1-4H3. The van der Waals surface area contributed by atoms with E-state index in [1.165, 1.54) is 24.8 Å². The van der Waals surface area contributed by atoms with Crippen LogP contribution in [-0.2, 0) is 6.42 Å². The van der Waals surface area contributed by atoms with Crippen molar-refractivity contribution in [2.24, 2.45) is 11.8 Å². The molecular weight excluding hydrogens is 270 g/mol.